The number of nitrogens with zero attached hydrogens (tertiary/aromatic N) is 1. The molecule has 0 spiro atoms. The van der Waals surface area contributed by atoms with E-state index >= 15 is 0 Å². The van der Waals surface area contributed by atoms with Crippen molar-refractivity contribution >= 4 is 5.78 Å². The maximum absolute atomic E-state index is 11.7. The Balaban J connectivity index is 1.66. The van der Waals surface area contributed by atoms with E-state index in [1.54, 1.807) is 6.92 Å². The smallest absolute Gasteiger partial charge is 0.131 e. The molecule has 1 saturated heterocycles. The molecule has 21 heavy (non-hydrogen) atoms. The Morgan fingerprint density at radius 2 is 1.76 bits per heavy atom. The number of ketones is 1. The van der Waals surface area contributed by atoms with Crippen LogP contribution in [-0.2, 0) is 4.79 Å². The number of carbonyl (C=O) groups is 1. The molecule has 0 N–H and O–H groups in total. The maximum atomic E-state index is 11.7. The molecule has 4 saturated carbocycles. The second-order valence-corrected chi connectivity index (χ2v) is 9.75. The number of hydrogen-bond donors (Lipinski definition) is 0. The van der Waals surface area contributed by atoms with Gasteiger partial charge in [0.1, 0.15) is 5.78 Å². The molecule has 5 rings (SSSR count). The van der Waals surface area contributed by atoms with E-state index in [1.165, 1.54) is 57.9 Å². The summed E-state index contributed by atoms with van der Waals surface area (Å²) >= 11 is 0. The van der Waals surface area contributed by atoms with Gasteiger partial charge in [-0.2, -0.15) is 0 Å². The highest BCUT2D eigenvalue weighted by Crippen LogP contribution is 2.68. The SMILES string of the molecule is CC(=O)C[C@@H]1CCCN1C12CC3CC(C)(CC(C)(C3)C1)C2. The van der Waals surface area contributed by atoms with Gasteiger partial charge in [-0.3, -0.25) is 9.69 Å². The van der Waals surface area contributed by atoms with Crippen LogP contribution < -0.4 is 0 Å². The predicted molar refractivity (Wildman–Crippen MR) is 85.2 cm³/mol. The van der Waals surface area contributed by atoms with Crippen LogP contribution >= 0.6 is 0 Å². The van der Waals surface area contributed by atoms with Gasteiger partial charge in [-0.05, 0) is 81.6 Å². The van der Waals surface area contributed by atoms with Crippen LogP contribution in [0.5, 0.6) is 0 Å². The normalized spacial score (nSPS) is 52.5. The van der Waals surface area contributed by atoms with Gasteiger partial charge in [0, 0.05) is 18.0 Å². The number of hydrogen-bond acceptors (Lipinski definition) is 2. The molecule has 5 aliphatic rings. The minimum atomic E-state index is 0.383. The van der Waals surface area contributed by atoms with E-state index in [0.29, 0.717) is 28.2 Å². The van der Waals surface area contributed by atoms with Crippen molar-refractivity contribution in [1.82, 2.24) is 4.90 Å². The van der Waals surface area contributed by atoms with E-state index in [4.69, 9.17) is 0 Å². The number of likely N-dealkylation sites (tertiary alicyclic amines) is 1. The summed E-state index contributed by atoms with van der Waals surface area (Å²) in [6.07, 6.45) is 12.0. The molecule has 118 valence electrons. The highest BCUT2D eigenvalue weighted by molar-refractivity contribution is 5.76. The van der Waals surface area contributed by atoms with Crippen molar-refractivity contribution in [2.45, 2.75) is 90.1 Å². The molecule has 0 aromatic rings. The van der Waals surface area contributed by atoms with Crippen molar-refractivity contribution in [2.24, 2.45) is 16.7 Å². The lowest BCUT2D eigenvalue weighted by molar-refractivity contribution is -0.165. The van der Waals surface area contributed by atoms with E-state index in [9.17, 15) is 4.79 Å². The second kappa shape index (κ2) is 4.34. The summed E-state index contributed by atoms with van der Waals surface area (Å²) in [6, 6.07) is 0.547. The Kier molecular flexibility index (Phi) is 2.94. The monoisotopic (exact) mass is 289 g/mol. The van der Waals surface area contributed by atoms with Crippen LogP contribution in [0, 0.1) is 16.7 Å². The quantitative estimate of drug-likeness (QED) is 0.777. The van der Waals surface area contributed by atoms with Crippen LogP contribution in [0.4, 0.5) is 0 Å². The summed E-state index contributed by atoms with van der Waals surface area (Å²) in [5.74, 6) is 1.34. The maximum Gasteiger partial charge on any atom is 0.131 e. The van der Waals surface area contributed by atoms with Crippen molar-refractivity contribution in [3.05, 3.63) is 0 Å². The van der Waals surface area contributed by atoms with E-state index in [2.05, 4.69) is 18.7 Å². The molecule has 2 unspecified atom stereocenters. The van der Waals surface area contributed by atoms with Crippen LogP contribution in [0.15, 0.2) is 0 Å². The van der Waals surface area contributed by atoms with Crippen LogP contribution in [0.3, 0.4) is 0 Å². The van der Waals surface area contributed by atoms with Crippen molar-refractivity contribution < 1.29 is 4.79 Å². The van der Waals surface area contributed by atoms with Gasteiger partial charge < -0.3 is 0 Å². The molecule has 4 bridgehead atoms. The zero-order valence-electron chi connectivity index (χ0n) is 14.1. The Bertz CT molecular complexity index is 452. The Morgan fingerprint density at radius 1 is 1.10 bits per heavy atom. The van der Waals surface area contributed by atoms with Crippen molar-refractivity contribution in [2.75, 3.05) is 6.54 Å². The van der Waals surface area contributed by atoms with Crippen LogP contribution in [0.2, 0.25) is 0 Å². The summed E-state index contributed by atoms with van der Waals surface area (Å²) in [6.45, 7) is 8.14. The van der Waals surface area contributed by atoms with Crippen LogP contribution in [-0.4, -0.2) is 28.8 Å². The summed E-state index contributed by atoms with van der Waals surface area (Å²) in [5.41, 5.74) is 1.61. The first-order valence-corrected chi connectivity index (χ1v) is 9.08. The standard InChI is InChI=1S/C19H31NO/c1-14(21)7-16-5-4-6-20(16)19-10-15-8-17(2,12-19)11-18(3,9-15)13-19/h15-16H,4-13H2,1-3H3/t15?,16-,17?,18?,19?/m0/s1. The van der Waals surface area contributed by atoms with Crippen molar-refractivity contribution in [3.8, 4) is 0 Å². The first kappa shape index (κ1) is 14.2. The average Bonchev–Trinajstić information content (AvgIpc) is 2.71. The van der Waals surface area contributed by atoms with E-state index in [-0.39, 0.29) is 0 Å². The first-order chi connectivity index (χ1) is 9.82. The largest absolute Gasteiger partial charge is 0.300 e. The van der Waals surface area contributed by atoms with Gasteiger partial charge in [0.05, 0.1) is 0 Å². The van der Waals surface area contributed by atoms with E-state index < -0.39 is 0 Å². The summed E-state index contributed by atoms with van der Waals surface area (Å²) in [7, 11) is 0. The summed E-state index contributed by atoms with van der Waals surface area (Å²) in [4.78, 5) is 14.5. The fourth-order valence-electron chi connectivity index (χ4n) is 7.71. The average molecular weight is 289 g/mol. The summed E-state index contributed by atoms with van der Waals surface area (Å²) < 4.78 is 0. The lowest BCUT2D eigenvalue weighted by Gasteiger charge is -2.68. The Labute approximate surface area is 129 Å². The third kappa shape index (κ3) is 2.20. The molecule has 0 amide bonds. The number of carbonyl (C=O) groups excluding carboxylic acids is 1. The first-order valence-electron chi connectivity index (χ1n) is 9.08. The lowest BCUT2D eigenvalue weighted by Crippen LogP contribution is -2.66. The van der Waals surface area contributed by atoms with Crippen molar-refractivity contribution in [1.29, 1.82) is 0 Å². The fraction of sp³-hybridized carbons (Fsp3) is 0.947. The van der Waals surface area contributed by atoms with Gasteiger partial charge >= 0.3 is 0 Å². The van der Waals surface area contributed by atoms with Crippen LogP contribution in [0.1, 0.15) is 78.6 Å². The van der Waals surface area contributed by atoms with Gasteiger partial charge in [0.25, 0.3) is 0 Å². The third-order valence-corrected chi connectivity index (χ3v) is 7.11. The molecule has 1 heterocycles. The molecule has 0 aromatic heterocycles. The number of rotatable bonds is 3. The van der Waals surface area contributed by atoms with Crippen molar-refractivity contribution in [3.63, 3.8) is 0 Å². The lowest BCUT2D eigenvalue weighted by atomic mass is 9.42. The molecular formula is C19H31NO. The van der Waals surface area contributed by atoms with Gasteiger partial charge in [-0.25, -0.2) is 0 Å². The molecule has 1 aliphatic heterocycles. The number of Topliss-reactive ketones (excluding diaryl/α,β-unsaturated/α-hetero) is 1. The molecule has 0 aromatic carbocycles. The fourth-order valence-corrected chi connectivity index (χ4v) is 7.71. The minimum Gasteiger partial charge on any atom is -0.300 e. The molecule has 3 atom stereocenters. The van der Waals surface area contributed by atoms with Crippen LogP contribution in [0.25, 0.3) is 0 Å². The van der Waals surface area contributed by atoms with E-state index in [1.807, 2.05) is 0 Å². The molecule has 2 nitrogen and oxygen atoms in total. The topological polar surface area (TPSA) is 20.3 Å². The molecule has 0 radical (unpaired) electrons. The zero-order chi connectivity index (χ0) is 14.9. The van der Waals surface area contributed by atoms with Gasteiger partial charge in [-0.1, -0.05) is 13.8 Å². The highest BCUT2D eigenvalue weighted by Gasteiger charge is 2.62. The summed E-state index contributed by atoms with van der Waals surface area (Å²) in [5, 5.41) is 0. The second-order valence-electron chi connectivity index (χ2n) is 9.75. The zero-order valence-corrected chi connectivity index (χ0v) is 14.1. The Morgan fingerprint density at radius 3 is 2.33 bits per heavy atom. The van der Waals surface area contributed by atoms with Gasteiger partial charge in [0.15, 0.2) is 0 Å². The van der Waals surface area contributed by atoms with E-state index in [0.717, 1.165) is 12.3 Å². The molecule has 5 fully saturated rings. The van der Waals surface area contributed by atoms with Gasteiger partial charge in [-0.15, -0.1) is 0 Å². The predicted octanol–water partition coefficient (Wildman–Crippen LogP) is 4.18. The Hall–Kier alpha value is -0.370. The third-order valence-electron chi connectivity index (χ3n) is 7.11. The molecule has 2 heteroatoms. The molecular weight excluding hydrogens is 258 g/mol. The molecule has 4 aliphatic carbocycles. The minimum absolute atomic E-state index is 0.383. The van der Waals surface area contributed by atoms with Gasteiger partial charge in [0.2, 0.25) is 0 Å². The highest BCUT2D eigenvalue weighted by atomic mass is 16.1.